The molecule has 0 aliphatic carbocycles. The third-order valence-electron chi connectivity index (χ3n) is 2.91. The monoisotopic (exact) mass is 261 g/mol. The molecule has 19 heavy (non-hydrogen) atoms. The van der Waals surface area contributed by atoms with Crippen molar-refractivity contribution >= 4 is 5.69 Å². The third-order valence-corrected chi connectivity index (χ3v) is 2.91. The number of hydrogen-bond acceptors (Lipinski definition) is 5. The largest absolute Gasteiger partial charge is 0.385 e. The number of benzene rings is 1. The van der Waals surface area contributed by atoms with Crippen molar-refractivity contribution in [2.75, 3.05) is 19.0 Å². The number of rotatable bonds is 6. The van der Waals surface area contributed by atoms with Gasteiger partial charge in [0.15, 0.2) is 5.82 Å². The lowest BCUT2D eigenvalue weighted by Crippen LogP contribution is -2.17. The first-order valence-corrected chi connectivity index (χ1v) is 6.29. The summed E-state index contributed by atoms with van der Waals surface area (Å²) in [4.78, 5) is 0. The zero-order valence-corrected chi connectivity index (χ0v) is 11.5. The summed E-state index contributed by atoms with van der Waals surface area (Å²) in [7, 11) is 3.55. The molecule has 0 aliphatic rings. The van der Waals surface area contributed by atoms with E-state index in [1.807, 2.05) is 25.2 Å². The Hall–Kier alpha value is -1.95. The van der Waals surface area contributed by atoms with E-state index in [1.54, 1.807) is 11.8 Å². The zero-order chi connectivity index (χ0) is 13.7. The maximum atomic E-state index is 5.08. The molecule has 0 saturated carbocycles. The minimum Gasteiger partial charge on any atom is -0.385 e. The minimum absolute atomic E-state index is 0.354. The number of aromatic nitrogens is 4. The highest BCUT2D eigenvalue weighted by molar-refractivity contribution is 5.62. The molecule has 0 radical (unpaired) electrons. The van der Waals surface area contributed by atoms with E-state index in [-0.39, 0.29) is 0 Å². The van der Waals surface area contributed by atoms with Gasteiger partial charge in [-0.05, 0) is 35.9 Å². The molecule has 0 bridgehead atoms. The predicted molar refractivity (Wildman–Crippen MR) is 73.8 cm³/mol. The van der Waals surface area contributed by atoms with Gasteiger partial charge in [-0.1, -0.05) is 12.1 Å². The van der Waals surface area contributed by atoms with Crippen LogP contribution in [0.25, 0.3) is 11.4 Å². The summed E-state index contributed by atoms with van der Waals surface area (Å²) >= 11 is 0. The molecule has 1 aromatic carbocycles. The van der Waals surface area contributed by atoms with Gasteiger partial charge in [0.05, 0.1) is 0 Å². The Balaban J connectivity index is 2.09. The van der Waals surface area contributed by atoms with Gasteiger partial charge in [0.1, 0.15) is 0 Å². The van der Waals surface area contributed by atoms with E-state index in [0.29, 0.717) is 6.04 Å². The van der Waals surface area contributed by atoms with Crippen LogP contribution in [0.1, 0.15) is 13.3 Å². The summed E-state index contributed by atoms with van der Waals surface area (Å²) in [5, 5.41) is 14.9. The normalized spacial score (nSPS) is 12.4. The fourth-order valence-electron chi connectivity index (χ4n) is 1.87. The molecule has 0 fully saturated rings. The minimum atomic E-state index is 0.354. The second kappa shape index (κ2) is 6.29. The lowest BCUT2D eigenvalue weighted by atomic mass is 10.1. The van der Waals surface area contributed by atoms with Gasteiger partial charge in [0.2, 0.25) is 0 Å². The maximum Gasteiger partial charge on any atom is 0.181 e. The first-order chi connectivity index (χ1) is 9.20. The molecule has 2 rings (SSSR count). The maximum absolute atomic E-state index is 5.08. The highest BCUT2D eigenvalue weighted by atomic mass is 16.5. The van der Waals surface area contributed by atoms with Crippen molar-refractivity contribution in [3.8, 4) is 11.4 Å². The number of anilines is 1. The molecule has 1 aromatic heterocycles. The van der Waals surface area contributed by atoms with E-state index >= 15 is 0 Å². The van der Waals surface area contributed by atoms with Crippen LogP contribution in [0.2, 0.25) is 0 Å². The summed E-state index contributed by atoms with van der Waals surface area (Å²) in [6.07, 6.45) is 0.965. The van der Waals surface area contributed by atoms with E-state index < -0.39 is 0 Å². The SMILES string of the molecule is COCCC(C)Nc1cccc(-c2nnnn2C)c1. The fraction of sp³-hybridized carbons (Fsp3) is 0.462. The van der Waals surface area contributed by atoms with Crippen LogP contribution in [0.5, 0.6) is 0 Å². The lowest BCUT2D eigenvalue weighted by Gasteiger charge is -2.15. The van der Waals surface area contributed by atoms with Gasteiger partial charge in [-0.2, -0.15) is 0 Å². The average Bonchev–Trinajstić information content (AvgIpc) is 2.83. The molecule has 0 aliphatic heterocycles. The molecule has 6 nitrogen and oxygen atoms in total. The van der Waals surface area contributed by atoms with Crippen LogP contribution >= 0.6 is 0 Å². The van der Waals surface area contributed by atoms with Gasteiger partial charge in [-0.25, -0.2) is 4.68 Å². The molecule has 1 heterocycles. The van der Waals surface area contributed by atoms with Crippen LogP contribution in [-0.4, -0.2) is 40.0 Å². The quantitative estimate of drug-likeness (QED) is 0.857. The van der Waals surface area contributed by atoms with Crippen molar-refractivity contribution in [1.82, 2.24) is 20.2 Å². The van der Waals surface area contributed by atoms with Crippen LogP contribution in [0, 0.1) is 0 Å². The number of ether oxygens (including phenoxy) is 1. The third kappa shape index (κ3) is 3.51. The van der Waals surface area contributed by atoms with Gasteiger partial charge in [0.25, 0.3) is 0 Å². The molecule has 0 spiro atoms. The van der Waals surface area contributed by atoms with Crippen LogP contribution in [0.4, 0.5) is 5.69 Å². The molecule has 1 N–H and O–H groups in total. The average molecular weight is 261 g/mol. The van der Waals surface area contributed by atoms with Gasteiger partial charge in [0, 0.05) is 38.1 Å². The molecule has 0 amide bonds. The number of hydrogen-bond donors (Lipinski definition) is 1. The Morgan fingerprint density at radius 3 is 2.95 bits per heavy atom. The summed E-state index contributed by atoms with van der Waals surface area (Å²) in [5.41, 5.74) is 2.06. The Morgan fingerprint density at radius 2 is 2.26 bits per heavy atom. The molecule has 0 saturated heterocycles. The lowest BCUT2D eigenvalue weighted by molar-refractivity contribution is 0.191. The topological polar surface area (TPSA) is 64.9 Å². The second-order valence-corrected chi connectivity index (χ2v) is 4.53. The Morgan fingerprint density at radius 1 is 1.42 bits per heavy atom. The number of methoxy groups -OCH3 is 1. The molecular formula is C13H19N5O. The molecule has 1 atom stereocenters. The smallest absolute Gasteiger partial charge is 0.181 e. The van der Waals surface area contributed by atoms with Crippen molar-refractivity contribution in [2.24, 2.45) is 7.05 Å². The standard InChI is InChI=1S/C13H19N5O/c1-10(7-8-19-3)14-12-6-4-5-11(9-12)13-15-16-17-18(13)2/h4-6,9-10,14H,7-8H2,1-3H3. The van der Waals surface area contributed by atoms with Crippen LogP contribution < -0.4 is 5.32 Å². The summed E-state index contributed by atoms with van der Waals surface area (Å²) in [5.74, 6) is 0.758. The molecule has 1 unspecified atom stereocenters. The van der Waals surface area contributed by atoms with Crippen LogP contribution in [-0.2, 0) is 11.8 Å². The highest BCUT2D eigenvalue weighted by Gasteiger charge is 2.07. The number of nitrogens with zero attached hydrogens (tertiary/aromatic N) is 4. The summed E-state index contributed by atoms with van der Waals surface area (Å²) in [6.45, 7) is 2.89. The first-order valence-electron chi connectivity index (χ1n) is 6.29. The van der Waals surface area contributed by atoms with Gasteiger partial charge >= 0.3 is 0 Å². The molecule has 6 heteroatoms. The van der Waals surface area contributed by atoms with Gasteiger partial charge in [-0.15, -0.1) is 5.10 Å². The Kier molecular flexibility index (Phi) is 4.46. The summed E-state index contributed by atoms with van der Waals surface area (Å²) in [6, 6.07) is 8.44. The number of aryl methyl sites for hydroxylation is 1. The molecule has 102 valence electrons. The van der Waals surface area contributed by atoms with Gasteiger partial charge < -0.3 is 10.1 Å². The molecule has 2 aromatic rings. The zero-order valence-electron chi connectivity index (χ0n) is 11.5. The van der Waals surface area contributed by atoms with E-state index in [1.165, 1.54) is 0 Å². The van der Waals surface area contributed by atoms with Crippen molar-refractivity contribution in [3.05, 3.63) is 24.3 Å². The van der Waals surface area contributed by atoms with E-state index in [0.717, 1.165) is 30.1 Å². The van der Waals surface area contributed by atoms with E-state index in [2.05, 4.69) is 33.8 Å². The van der Waals surface area contributed by atoms with Crippen molar-refractivity contribution in [3.63, 3.8) is 0 Å². The fourth-order valence-corrected chi connectivity index (χ4v) is 1.87. The predicted octanol–water partition coefficient (Wildman–Crippen LogP) is 1.71. The van der Waals surface area contributed by atoms with Crippen LogP contribution in [0.3, 0.4) is 0 Å². The highest BCUT2D eigenvalue weighted by Crippen LogP contribution is 2.20. The molecular weight excluding hydrogens is 242 g/mol. The number of nitrogens with one attached hydrogen (secondary N) is 1. The Labute approximate surface area is 112 Å². The van der Waals surface area contributed by atoms with E-state index in [4.69, 9.17) is 4.74 Å². The van der Waals surface area contributed by atoms with Crippen molar-refractivity contribution < 1.29 is 4.74 Å². The van der Waals surface area contributed by atoms with Crippen molar-refractivity contribution in [1.29, 1.82) is 0 Å². The second-order valence-electron chi connectivity index (χ2n) is 4.53. The van der Waals surface area contributed by atoms with Crippen LogP contribution in [0.15, 0.2) is 24.3 Å². The summed E-state index contributed by atoms with van der Waals surface area (Å²) < 4.78 is 6.74. The first kappa shape index (κ1) is 13.5. The van der Waals surface area contributed by atoms with Crippen molar-refractivity contribution in [2.45, 2.75) is 19.4 Å². The Bertz CT molecular complexity index is 525. The van der Waals surface area contributed by atoms with E-state index in [9.17, 15) is 0 Å². The number of tetrazole rings is 1. The van der Waals surface area contributed by atoms with Gasteiger partial charge in [-0.3, -0.25) is 0 Å².